The topological polar surface area (TPSA) is 49.9 Å². The molecule has 0 radical (unpaired) electrons. The van der Waals surface area contributed by atoms with Crippen molar-refractivity contribution in [3.8, 4) is 5.75 Å². The van der Waals surface area contributed by atoms with Crippen LogP contribution in [0.4, 0.5) is 10.1 Å². The van der Waals surface area contributed by atoms with Crippen molar-refractivity contribution in [2.24, 2.45) is 11.3 Å². The molecule has 4 rings (SSSR count). The minimum absolute atomic E-state index is 0.00150. The zero-order valence-electron chi connectivity index (χ0n) is 18.4. The van der Waals surface area contributed by atoms with Crippen molar-refractivity contribution in [1.29, 1.82) is 0 Å². The summed E-state index contributed by atoms with van der Waals surface area (Å²) in [6.45, 7) is 8.11. The molecular weight excluding hydrogens is 395 g/mol. The molecule has 164 valence electrons. The van der Waals surface area contributed by atoms with Crippen molar-refractivity contribution in [1.82, 2.24) is 4.90 Å². The number of hydrogen-bond donors (Lipinski definition) is 0. The van der Waals surface area contributed by atoms with Gasteiger partial charge in [-0.15, -0.1) is 0 Å². The second kappa shape index (κ2) is 8.33. The van der Waals surface area contributed by atoms with E-state index in [2.05, 4.69) is 0 Å². The first-order chi connectivity index (χ1) is 14.9. The average molecular weight is 425 g/mol. The molecule has 1 aliphatic carbocycles. The van der Waals surface area contributed by atoms with Gasteiger partial charge in [-0.05, 0) is 57.4 Å². The highest BCUT2D eigenvalue weighted by Gasteiger charge is 2.56. The van der Waals surface area contributed by atoms with Gasteiger partial charge in [-0.2, -0.15) is 0 Å². The lowest BCUT2D eigenvalue weighted by Crippen LogP contribution is -2.65. The van der Waals surface area contributed by atoms with Crippen LogP contribution < -0.4 is 9.64 Å². The van der Waals surface area contributed by atoms with Gasteiger partial charge in [-0.3, -0.25) is 9.59 Å². The van der Waals surface area contributed by atoms with E-state index in [-0.39, 0.29) is 28.9 Å². The Labute approximate surface area is 182 Å². The van der Waals surface area contributed by atoms with E-state index in [4.69, 9.17) is 4.74 Å². The molecule has 6 heteroatoms. The molecule has 5 nitrogen and oxygen atoms in total. The standard InChI is InChI=1S/C25H29FN2O3/c1-4-28(21-9-7-6-8-17(21)3)23(29)18-13-25(14-18)15-27(16-25)24(30)20-11-10-19(26)12-22(20)31-5-2/h6-12,18H,4-5,13-16H2,1-3H3. The monoisotopic (exact) mass is 424 g/mol. The van der Waals surface area contributed by atoms with Gasteiger partial charge >= 0.3 is 0 Å². The van der Waals surface area contributed by atoms with Crippen molar-refractivity contribution in [3.63, 3.8) is 0 Å². The molecule has 1 saturated heterocycles. The second-order valence-electron chi connectivity index (χ2n) is 8.71. The lowest BCUT2D eigenvalue weighted by molar-refractivity contribution is -0.138. The second-order valence-corrected chi connectivity index (χ2v) is 8.71. The smallest absolute Gasteiger partial charge is 0.257 e. The number of carbonyl (C=O) groups excluding carboxylic acids is 2. The Kier molecular flexibility index (Phi) is 5.73. The summed E-state index contributed by atoms with van der Waals surface area (Å²) in [6, 6.07) is 12.0. The maximum absolute atomic E-state index is 13.5. The normalized spacial score (nSPS) is 17.1. The predicted octanol–water partition coefficient (Wildman–Crippen LogP) is 4.44. The number of ether oxygens (including phenoxy) is 1. The highest BCUT2D eigenvalue weighted by atomic mass is 19.1. The van der Waals surface area contributed by atoms with Crippen LogP contribution in [0, 0.1) is 24.1 Å². The summed E-state index contributed by atoms with van der Waals surface area (Å²) in [6.07, 6.45) is 1.61. The van der Waals surface area contributed by atoms with E-state index in [0.717, 1.165) is 24.1 Å². The van der Waals surface area contributed by atoms with Gasteiger partial charge in [0.25, 0.3) is 5.91 Å². The van der Waals surface area contributed by atoms with Crippen molar-refractivity contribution in [2.45, 2.75) is 33.6 Å². The number of halogens is 1. The first kappa shape index (κ1) is 21.3. The third-order valence-electron chi connectivity index (χ3n) is 6.51. The number of hydrogen-bond acceptors (Lipinski definition) is 3. The van der Waals surface area contributed by atoms with Gasteiger partial charge in [0, 0.05) is 42.7 Å². The van der Waals surface area contributed by atoms with Crippen LogP contribution >= 0.6 is 0 Å². The van der Waals surface area contributed by atoms with E-state index in [9.17, 15) is 14.0 Å². The Bertz CT molecular complexity index is 992. The molecule has 2 fully saturated rings. The summed E-state index contributed by atoms with van der Waals surface area (Å²) in [7, 11) is 0. The number of amides is 2. The van der Waals surface area contributed by atoms with E-state index in [1.54, 1.807) is 11.8 Å². The fraction of sp³-hybridized carbons (Fsp3) is 0.440. The third-order valence-corrected chi connectivity index (χ3v) is 6.51. The van der Waals surface area contributed by atoms with E-state index >= 15 is 0 Å². The first-order valence-corrected chi connectivity index (χ1v) is 11.0. The number of aryl methyl sites for hydroxylation is 1. The number of benzene rings is 2. The molecule has 1 saturated carbocycles. The molecule has 2 amide bonds. The minimum atomic E-state index is -0.422. The summed E-state index contributed by atoms with van der Waals surface area (Å²) in [5.74, 6) is -0.105. The SMILES string of the molecule is CCOc1cc(F)ccc1C(=O)N1CC2(CC(C(=O)N(CC)c3ccccc3C)C2)C1. The van der Waals surface area contributed by atoms with E-state index in [0.29, 0.717) is 31.8 Å². The van der Waals surface area contributed by atoms with Gasteiger partial charge in [-0.25, -0.2) is 4.39 Å². The van der Waals surface area contributed by atoms with E-state index in [1.165, 1.54) is 18.2 Å². The van der Waals surface area contributed by atoms with Crippen molar-refractivity contribution in [3.05, 3.63) is 59.4 Å². The van der Waals surface area contributed by atoms with Crippen LogP contribution in [0.5, 0.6) is 5.75 Å². The number of rotatable bonds is 6. The Hall–Kier alpha value is -2.89. The van der Waals surface area contributed by atoms with Gasteiger partial charge in [0.05, 0.1) is 12.2 Å². The molecule has 0 bridgehead atoms. The molecule has 1 aliphatic heterocycles. The van der Waals surface area contributed by atoms with Gasteiger partial charge in [0.2, 0.25) is 5.91 Å². The molecule has 0 N–H and O–H groups in total. The lowest BCUT2D eigenvalue weighted by atomic mass is 9.57. The highest BCUT2D eigenvalue weighted by Crippen LogP contribution is 2.53. The number of likely N-dealkylation sites (tertiary alicyclic amines) is 1. The number of carbonyl (C=O) groups is 2. The Morgan fingerprint density at radius 3 is 2.52 bits per heavy atom. The maximum Gasteiger partial charge on any atom is 0.257 e. The van der Waals surface area contributed by atoms with E-state index < -0.39 is 5.82 Å². The molecular formula is C25H29FN2O3. The maximum atomic E-state index is 13.5. The van der Waals surface area contributed by atoms with Crippen molar-refractivity contribution in [2.75, 3.05) is 31.1 Å². The van der Waals surface area contributed by atoms with Crippen LogP contribution in [0.1, 0.15) is 42.6 Å². The molecule has 31 heavy (non-hydrogen) atoms. The molecule has 0 atom stereocenters. The number of nitrogens with zero attached hydrogens (tertiary/aromatic N) is 2. The average Bonchev–Trinajstić information content (AvgIpc) is 2.68. The largest absolute Gasteiger partial charge is 0.493 e. The summed E-state index contributed by atoms with van der Waals surface area (Å²) < 4.78 is 19.0. The molecule has 1 heterocycles. The van der Waals surface area contributed by atoms with Crippen molar-refractivity contribution < 1.29 is 18.7 Å². The highest BCUT2D eigenvalue weighted by molar-refractivity contribution is 5.98. The quantitative estimate of drug-likeness (QED) is 0.689. The first-order valence-electron chi connectivity index (χ1n) is 11.0. The predicted molar refractivity (Wildman–Crippen MR) is 118 cm³/mol. The van der Waals surface area contributed by atoms with Crippen LogP contribution in [0.15, 0.2) is 42.5 Å². The molecule has 2 aromatic carbocycles. The minimum Gasteiger partial charge on any atom is -0.493 e. The Balaban J connectivity index is 1.37. The van der Waals surface area contributed by atoms with E-state index in [1.807, 2.05) is 43.0 Å². The number of para-hydroxylation sites is 1. The molecule has 2 aromatic rings. The third kappa shape index (κ3) is 3.91. The lowest BCUT2D eigenvalue weighted by Gasteiger charge is -2.59. The Morgan fingerprint density at radius 1 is 1.16 bits per heavy atom. The fourth-order valence-corrected chi connectivity index (χ4v) is 4.98. The van der Waals surface area contributed by atoms with Gasteiger partial charge in [0.1, 0.15) is 11.6 Å². The summed E-state index contributed by atoms with van der Waals surface area (Å²) >= 11 is 0. The number of anilines is 1. The summed E-state index contributed by atoms with van der Waals surface area (Å²) in [5.41, 5.74) is 2.49. The van der Waals surface area contributed by atoms with Crippen LogP contribution in [0.3, 0.4) is 0 Å². The van der Waals surface area contributed by atoms with Crippen molar-refractivity contribution >= 4 is 17.5 Å². The fourth-order valence-electron chi connectivity index (χ4n) is 4.98. The van der Waals surface area contributed by atoms with Crippen LogP contribution in [-0.2, 0) is 4.79 Å². The van der Waals surface area contributed by atoms with Gasteiger partial charge in [-0.1, -0.05) is 18.2 Å². The summed E-state index contributed by atoms with van der Waals surface area (Å²) in [4.78, 5) is 29.7. The Morgan fingerprint density at radius 2 is 1.87 bits per heavy atom. The van der Waals surface area contributed by atoms with Gasteiger partial charge in [0.15, 0.2) is 0 Å². The van der Waals surface area contributed by atoms with Crippen LogP contribution in [0.25, 0.3) is 0 Å². The van der Waals surface area contributed by atoms with Crippen LogP contribution in [-0.4, -0.2) is 43.0 Å². The van der Waals surface area contributed by atoms with Gasteiger partial charge < -0.3 is 14.5 Å². The van der Waals surface area contributed by atoms with Crippen LogP contribution in [0.2, 0.25) is 0 Å². The molecule has 1 spiro atoms. The summed E-state index contributed by atoms with van der Waals surface area (Å²) in [5, 5.41) is 0. The molecule has 2 aliphatic rings. The molecule has 0 unspecified atom stereocenters. The zero-order valence-corrected chi connectivity index (χ0v) is 18.4. The zero-order chi connectivity index (χ0) is 22.2. The molecule has 0 aromatic heterocycles.